The number of hydrogen-bond donors (Lipinski definition) is 1. The molecule has 0 aliphatic carbocycles. The average molecular weight is 367 g/mol. The van der Waals surface area contributed by atoms with Crippen LogP contribution in [0.4, 0.5) is 17.1 Å². The first-order chi connectivity index (χ1) is 13.1. The van der Waals surface area contributed by atoms with Crippen molar-refractivity contribution in [3.8, 4) is 0 Å². The van der Waals surface area contributed by atoms with E-state index < -0.39 is 0 Å². The van der Waals surface area contributed by atoms with E-state index in [2.05, 4.69) is 60.2 Å². The predicted octanol–water partition coefficient (Wildman–Crippen LogP) is 4.54. The van der Waals surface area contributed by atoms with E-state index in [9.17, 15) is 4.79 Å². The smallest absolute Gasteiger partial charge is 0.255 e. The largest absolute Gasteiger partial charge is 0.372 e. The Hall–Kier alpha value is -2.56. The monoisotopic (exact) mass is 366 g/mol. The molecule has 0 spiro atoms. The van der Waals surface area contributed by atoms with E-state index in [-0.39, 0.29) is 5.91 Å². The van der Waals surface area contributed by atoms with Gasteiger partial charge >= 0.3 is 0 Å². The maximum absolute atomic E-state index is 12.7. The van der Waals surface area contributed by atoms with Crippen molar-refractivity contribution in [3.63, 3.8) is 0 Å². The minimum atomic E-state index is 0.0786. The summed E-state index contributed by atoms with van der Waals surface area (Å²) in [6.45, 7) is 10.2. The van der Waals surface area contributed by atoms with Crippen LogP contribution in [0.25, 0.3) is 0 Å². The number of nitrogens with zero attached hydrogens (tertiary/aromatic N) is 3. The van der Waals surface area contributed by atoms with E-state index in [4.69, 9.17) is 0 Å². The number of piperidine rings is 1. The van der Waals surface area contributed by atoms with Crippen LogP contribution in [0.3, 0.4) is 0 Å². The molecule has 1 aromatic carbocycles. The first-order valence-corrected chi connectivity index (χ1v) is 9.97. The summed E-state index contributed by atoms with van der Waals surface area (Å²) in [7, 11) is 0. The zero-order chi connectivity index (χ0) is 19.2. The Labute approximate surface area is 162 Å². The number of hydrogen-bond acceptors (Lipinski definition) is 4. The van der Waals surface area contributed by atoms with Crippen molar-refractivity contribution in [2.24, 2.45) is 5.92 Å². The summed E-state index contributed by atoms with van der Waals surface area (Å²) in [6.07, 6.45) is 5.58. The molecule has 1 aliphatic heterocycles. The van der Waals surface area contributed by atoms with Crippen LogP contribution in [0, 0.1) is 5.92 Å². The molecule has 5 heteroatoms. The van der Waals surface area contributed by atoms with Crippen molar-refractivity contribution in [1.29, 1.82) is 0 Å². The van der Waals surface area contributed by atoms with Crippen LogP contribution in [0.2, 0.25) is 0 Å². The van der Waals surface area contributed by atoms with Crippen molar-refractivity contribution >= 4 is 23.0 Å². The van der Waals surface area contributed by atoms with E-state index in [1.54, 1.807) is 12.4 Å². The lowest BCUT2D eigenvalue weighted by atomic mass is 9.99. The fourth-order valence-electron chi connectivity index (χ4n) is 3.53. The maximum Gasteiger partial charge on any atom is 0.255 e. The Morgan fingerprint density at radius 3 is 2.41 bits per heavy atom. The molecule has 0 unspecified atom stereocenters. The number of carbonyl (C=O) groups excluding carboxylic acids is 1. The Bertz CT molecular complexity index is 747. The number of rotatable bonds is 6. The van der Waals surface area contributed by atoms with E-state index in [1.807, 2.05) is 11.0 Å². The number of likely N-dealkylation sites (tertiary alicyclic amines) is 1. The average Bonchev–Trinajstić information content (AvgIpc) is 2.70. The normalized spacial score (nSPS) is 14.9. The van der Waals surface area contributed by atoms with Crippen molar-refractivity contribution in [2.75, 3.05) is 36.4 Å². The molecule has 1 aliphatic rings. The molecule has 3 rings (SSSR count). The predicted molar refractivity (Wildman–Crippen MR) is 112 cm³/mol. The van der Waals surface area contributed by atoms with Gasteiger partial charge in [-0.3, -0.25) is 9.78 Å². The van der Waals surface area contributed by atoms with Gasteiger partial charge in [0.15, 0.2) is 0 Å². The molecule has 0 bridgehead atoms. The van der Waals surface area contributed by atoms with E-state index in [0.29, 0.717) is 11.5 Å². The van der Waals surface area contributed by atoms with Crippen molar-refractivity contribution in [3.05, 3.63) is 48.3 Å². The minimum absolute atomic E-state index is 0.0786. The molecule has 2 heterocycles. The number of carbonyl (C=O) groups is 1. The van der Waals surface area contributed by atoms with Crippen molar-refractivity contribution in [1.82, 2.24) is 9.88 Å². The Morgan fingerprint density at radius 2 is 1.78 bits per heavy atom. The molecule has 0 saturated carbocycles. The Morgan fingerprint density at radius 1 is 1.11 bits per heavy atom. The molecule has 1 fully saturated rings. The van der Waals surface area contributed by atoms with Gasteiger partial charge in [0, 0.05) is 43.8 Å². The summed E-state index contributed by atoms with van der Waals surface area (Å²) in [5.74, 6) is 0.786. The molecule has 0 atom stereocenters. The van der Waals surface area contributed by atoms with Gasteiger partial charge in [-0.2, -0.15) is 0 Å². The van der Waals surface area contributed by atoms with Crippen LogP contribution < -0.4 is 10.2 Å². The van der Waals surface area contributed by atoms with Gasteiger partial charge < -0.3 is 15.1 Å². The summed E-state index contributed by atoms with van der Waals surface area (Å²) in [5.41, 5.74) is 3.69. The van der Waals surface area contributed by atoms with E-state index in [1.165, 1.54) is 5.69 Å². The minimum Gasteiger partial charge on any atom is -0.372 e. The molecule has 1 amide bonds. The Balaban J connectivity index is 1.68. The zero-order valence-electron chi connectivity index (χ0n) is 16.6. The summed E-state index contributed by atoms with van der Waals surface area (Å²) in [5, 5.41) is 3.36. The number of amides is 1. The fraction of sp³-hybridized carbons (Fsp3) is 0.455. The summed E-state index contributed by atoms with van der Waals surface area (Å²) in [6, 6.07) is 10.3. The topological polar surface area (TPSA) is 48.5 Å². The third-order valence-electron chi connectivity index (χ3n) is 5.34. The van der Waals surface area contributed by atoms with Crippen LogP contribution in [-0.4, -0.2) is 42.0 Å². The molecule has 1 saturated heterocycles. The fourth-order valence-corrected chi connectivity index (χ4v) is 3.53. The molecular formula is C22H30N4O. The lowest BCUT2D eigenvalue weighted by Crippen LogP contribution is -2.37. The number of nitrogens with one attached hydrogen (secondary N) is 1. The van der Waals surface area contributed by atoms with Gasteiger partial charge in [0.25, 0.3) is 5.91 Å². The van der Waals surface area contributed by atoms with Gasteiger partial charge in [-0.05, 0) is 62.9 Å². The standard InChI is InChI=1S/C22H30N4O/c1-4-25(5-2)21-8-6-19(7-9-21)24-20-14-18(15-23-16-20)22(27)26-12-10-17(3)11-13-26/h6-9,14-17,24H,4-5,10-13H2,1-3H3. The molecule has 2 aromatic rings. The molecule has 144 valence electrons. The van der Waals surface area contributed by atoms with Crippen molar-refractivity contribution in [2.45, 2.75) is 33.6 Å². The van der Waals surface area contributed by atoms with Gasteiger partial charge in [0.1, 0.15) is 0 Å². The second-order valence-electron chi connectivity index (χ2n) is 7.28. The molecule has 1 N–H and O–H groups in total. The number of benzene rings is 1. The maximum atomic E-state index is 12.7. The summed E-state index contributed by atoms with van der Waals surface area (Å²) in [4.78, 5) is 21.3. The SMILES string of the molecule is CCN(CC)c1ccc(Nc2cncc(C(=O)N3CCC(C)CC3)c2)cc1. The van der Waals surface area contributed by atoms with Crippen LogP contribution in [-0.2, 0) is 0 Å². The van der Waals surface area contributed by atoms with Crippen LogP contribution >= 0.6 is 0 Å². The third-order valence-corrected chi connectivity index (χ3v) is 5.34. The third kappa shape index (κ3) is 4.79. The number of pyridine rings is 1. The molecule has 5 nitrogen and oxygen atoms in total. The lowest BCUT2D eigenvalue weighted by Gasteiger charge is -2.30. The van der Waals surface area contributed by atoms with Gasteiger partial charge in [0.2, 0.25) is 0 Å². The van der Waals surface area contributed by atoms with Gasteiger partial charge in [-0.1, -0.05) is 6.92 Å². The summed E-state index contributed by atoms with van der Waals surface area (Å²) >= 11 is 0. The second-order valence-corrected chi connectivity index (χ2v) is 7.28. The van der Waals surface area contributed by atoms with Gasteiger partial charge in [0.05, 0.1) is 17.4 Å². The van der Waals surface area contributed by atoms with Gasteiger partial charge in [-0.25, -0.2) is 0 Å². The summed E-state index contributed by atoms with van der Waals surface area (Å²) < 4.78 is 0. The molecule has 1 aromatic heterocycles. The molecular weight excluding hydrogens is 336 g/mol. The van der Waals surface area contributed by atoms with E-state index >= 15 is 0 Å². The van der Waals surface area contributed by atoms with Gasteiger partial charge in [-0.15, -0.1) is 0 Å². The Kier molecular flexibility index (Phi) is 6.32. The zero-order valence-corrected chi connectivity index (χ0v) is 16.6. The van der Waals surface area contributed by atoms with Crippen LogP contribution in [0.1, 0.15) is 44.0 Å². The van der Waals surface area contributed by atoms with Crippen LogP contribution in [0.15, 0.2) is 42.7 Å². The van der Waals surface area contributed by atoms with E-state index in [0.717, 1.165) is 50.4 Å². The number of aromatic nitrogens is 1. The first-order valence-electron chi connectivity index (χ1n) is 9.97. The van der Waals surface area contributed by atoms with Crippen LogP contribution in [0.5, 0.6) is 0 Å². The van der Waals surface area contributed by atoms with Crippen molar-refractivity contribution < 1.29 is 4.79 Å². The highest BCUT2D eigenvalue weighted by atomic mass is 16.2. The highest BCUT2D eigenvalue weighted by Gasteiger charge is 2.21. The molecule has 0 radical (unpaired) electrons. The first kappa shape index (κ1) is 19.2. The quantitative estimate of drug-likeness (QED) is 0.815. The highest BCUT2D eigenvalue weighted by molar-refractivity contribution is 5.95. The highest BCUT2D eigenvalue weighted by Crippen LogP contribution is 2.23. The molecule has 27 heavy (non-hydrogen) atoms. The number of anilines is 3. The lowest BCUT2D eigenvalue weighted by molar-refractivity contribution is 0.0697. The second kappa shape index (κ2) is 8.89.